The first-order chi connectivity index (χ1) is 12.3. The highest BCUT2D eigenvalue weighted by Gasteiger charge is 2.32. The summed E-state index contributed by atoms with van der Waals surface area (Å²) >= 11 is 1.75. The van der Waals surface area contributed by atoms with Crippen LogP contribution in [0.2, 0.25) is 0 Å². The van der Waals surface area contributed by atoms with E-state index >= 15 is 0 Å². The number of nitrogens with zero attached hydrogens (tertiary/aromatic N) is 3. The van der Waals surface area contributed by atoms with E-state index in [1.807, 2.05) is 0 Å². The number of thiazole rings is 1. The van der Waals surface area contributed by atoms with E-state index in [1.165, 1.54) is 5.01 Å². The lowest BCUT2D eigenvalue weighted by molar-refractivity contribution is -0.0817. The van der Waals surface area contributed by atoms with E-state index in [-0.39, 0.29) is 12.2 Å². The van der Waals surface area contributed by atoms with E-state index in [4.69, 9.17) is 14.5 Å². The highest BCUT2D eigenvalue weighted by Crippen LogP contribution is 2.21. The molecule has 7 heteroatoms. The van der Waals surface area contributed by atoms with Crippen LogP contribution in [0.4, 0.5) is 0 Å². The lowest BCUT2D eigenvalue weighted by Gasteiger charge is -2.37. The van der Waals surface area contributed by atoms with Crippen LogP contribution in [-0.2, 0) is 22.3 Å². The van der Waals surface area contributed by atoms with Crippen LogP contribution in [0.3, 0.4) is 0 Å². The SMILES string of the molecule is CCNC(=NCCc1csc(CC)n1)N1CCOC(C2CCCO2)C1. The van der Waals surface area contributed by atoms with Gasteiger partial charge in [-0.2, -0.15) is 0 Å². The minimum Gasteiger partial charge on any atom is -0.375 e. The summed E-state index contributed by atoms with van der Waals surface area (Å²) in [5, 5.41) is 6.79. The number of aromatic nitrogens is 1. The Morgan fingerprint density at radius 3 is 2.96 bits per heavy atom. The van der Waals surface area contributed by atoms with Gasteiger partial charge in [-0.05, 0) is 26.2 Å². The Kier molecular flexibility index (Phi) is 7.07. The minimum absolute atomic E-state index is 0.158. The molecule has 0 aliphatic carbocycles. The Balaban J connectivity index is 1.56. The molecule has 6 nitrogen and oxygen atoms in total. The number of ether oxygens (including phenoxy) is 2. The molecule has 0 bridgehead atoms. The second-order valence-corrected chi connectivity index (χ2v) is 7.42. The van der Waals surface area contributed by atoms with Crippen molar-refractivity contribution in [1.82, 2.24) is 15.2 Å². The highest BCUT2D eigenvalue weighted by molar-refractivity contribution is 7.09. The fourth-order valence-corrected chi connectivity index (χ4v) is 4.10. The molecule has 2 aliphatic heterocycles. The number of aliphatic imine (C=N–C) groups is 1. The fraction of sp³-hybridized carbons (Fsp3) is 0.778. The van der Waals surface area contributed by atoms with E-state index in [2.05, 4.69) is 34.4 Å². The Bertz CT molecular complexity index is 557. The normalized spacial score (nSPS) is 24.7. The molecule has 2 atom stereocenters. The summed E-state index contributed by atoms with van der Waals surface area (Å²) in [6, 6.07) is 0. The molecule has 1 N–H and O–H groups in total. The van der Waals surface area contributed by atoms with Crippen molar-refractivity contribution in [1.29, 1.82) is 0 Å². The van der Waals surface area contributed by atoms with Gasteiger partial charge in [0.25, 0.3) is 0 Å². The first-order valence-corrected chi connectivity index (χ1v) is 10.4. The second-order valence-electron chi connectivity index (χ2n) is 6.48. The number of hydrogen-bond donors (Lipinski definition) is 1. The van der Waals surface area contributed by atoms with Crippen LogP contribution in [-0.4, -0.2) is 67.4 Å². The van der Waals surface area contributed by atoms with Crippen LogP contribution in [0.1, 0.15) is 37.4 Å². The van der Waals surface area contributed by atoms with Gasteiger partial charge in [-0.1, -0.05) is 6.92 Å². The number of hydrogen-bond acceptors (Lipinski definition) is 5. The summed E-state index contributed by atoms with van der Waals surface area (Å²) in [5.41, 5.74) is 1.15. The van der Waals surface area contributed by atoms with Crippen molar-refractivity contribution in [3.8, 4) is 0 Å². The summed E-state index contributed by atoms with van der Waals surface area (Å²) < 4.78 is 11.8. The molecule has 0 saturated carbocycles. The summed E-state index contributed by atoms with van der Waals surface area (Å²) in [6.07, 6.45) is 4.56. The number of aryl methyl sites for hydroxylation is 1. The van der Waals surface area contributed by atoms with Gasteiger partial charge >= 0.3 is 0 Å². The van der Waals surface area contributed by atoms with E-state index in [1.54, 1.807) is 11.3 Å². The standard InChI is InChI=1S/C18H30N4O2S/c1-3-17-21-14(13-25-17)7-8-20-18(19-4-2)22-9-11-24-16(12-22)15-6-5-10-23-15/h13,15-16H,3-12H2,1-2H3,(H,19,20). The van der Waals surface area contributed by atoms with Crippen LogP contribution in [0.5, 0.6) is 0 Å². The average Bonchev–Trinajstić information content (AvgIpc) is 3.33. The van der Waals surface area contributed by atoms with E-state index in [0.717, 1.165) is 76.7 Å². The summed E-state index contributed by atoms with van der Waals surface area (Å²) in [6.45, 7) is 9.23. The molecule has 2 fully saturated rings. The topological polar surface area (TPSA) is 59.0 Å². The maximum Gasteiger partial charge on any atom is 0.194 e. The third-order valence-corrected chi connectivity index (χ3v) is 5.68. The second kappa shape index (κ2) is 9.50. The van der Waals surface area contributed by atoms with E-state index < -0.39 is 0 Å². The van der Waals surface area contributed by atoms with Gasteiger partial charge < -0.3 is 19.7 Å². The van der Waals surface area contributed by atoms with Crippen molar-refractivity contribution in [3.05, 3.63) is 16.1 Å². The Morgan fingerprint density at radius 1 is 1.36 bits per heavy atom. The van der Waals surface area contributed by atoms with Crippen molar-refractivity contribution in [2.75, 3.05) is 39.4 Å². The van der Waals surface area contributed by atoms with Gasteiger partial charge in [-0.3, -0.25) is 4.99 Å². The van der Waals surface area contributed by atoms with Gasteiger partial charge in [0.05, 0.1) is 23.4 Å². The molecular weight excluding hydrogens is 336 g/mol. The van der Waals surface area contributed by atoms with Gasteiger partial charge in [-0.15, -0.1) is 11.3 Å². The maximum atomic E-state index is 5.95. The van der Waals surface area contributed by atoms with E-state index in [0.29, 0.717) is 0 Å². The van der Waals surface area contributed by atoms with Gasteiger partial charge in [-0.25, -0.2) is 4.98 Å². The van der Waals surface area contributed by atoms with E-state index in [9.17, 15) is 0 Å². The minimum atomic E-state index is 0.158. The zero-order valence-electron chi connectivity index (χ0n) is 15.4. The molecule has 2 aliphatic rings. The van der Waals surface area contributed by atoms with Crippen molar-refractivity contribution in [3.63, 3.8) is 0 Å². The third-order valence-electron chi connectivity index (χ3n) is 4.64. The van der Waals surface area contributed by atoms with Gasteiger partial charge in [0.2, 0.25) is 0 Å². The predicted octanol–water partition coefficient (Wildman–Crippen LogP) is 2.09. The molecule has 1 aromatic rings. The lowest BCUT2D eigenvalue weighted by atomic mass is 10.1. The van der Waals surface area contributed by atoms with Crippen LogP contribution in [0, 0.1) is 0 Å². The molecule has 3 rings (SSSR count). The molecule has 25 heavy (non-hydrogen) atoms. The molecule has 0 aromatic carbocycles. The van der Waals surface area contributed by atoms with Crippen molar-refractivity contribution in [2.45, 2.75) is 51.7 Å². The first kappa shape index (κ1) is 18.6. The molecule has 2 saturated heterocycles. The van der Waals surface area contributed by atoms with Crippen LogP contribution in [0.15, 0.2) is 10.4 Å². The van der Waals surface area contributed by atoms with Gasteiger partial charge in [0.15, 0.2) is 5.96 Å². The zero-order chi connectivity index (χ0) is 17.5. The monoisotopic (exact) mass is 366 g/mol. The molecule has 0 spiro atoms. The molecule has 2 unspecified atom stereocenters. The van der Waals surface area contributed by atoms with Crippen LogP contribution < -0.4 is 5.32 Å². The Labute approximate surface area is 154 Å². The molecule has 140 valence electrons. The number of rotatable bonds is 6. The molecular formula is C18H30N4O2S. The largest absolute Gasteiger partial charge is 0.375 e. The smallest absolute Gasteiger partial charge is 0.194 e. The first-order valence-electron chi connectivity index (χ1n) is 9.50. The highest BCUT2D eigenvalue weighted by atomic mass is 32.1. The number of morpholine rings is 1. The molecule has 3 heterocycles. The van der Waals surface area contributed by atoms with Crippen molar-refractivity contribution in [2.24, 2.45) is 4.99 Å². The Hall–Kier alpha value is -1.18. The maximum absolute atomic E-state index is 5.95. The number of nitrogens with one attached hydrogen (secondary N) is 1. The average molecular weight is 367 g/mol. The predicted molar refractivity (Wildman–Crippen MR) is 101 cm³/mol. The summed E-state index contributed by atoms with van der Waals surface area (Å²) in [4.78, 5) is 11.8. The summed E-state index contributed by atoms with van der Waals surface area (Å²) in [7, 11) is 0. The zero-order valence-corrected chi connectivity index (χ0v) is 16.2. The molecule has 1 aromatic heterocycles. The van der Waals surface area contributed by atoms with Crippen molar-refractivity contribution >= 4 is 17.3 Å². The van der Waals surface area contributed by atoms with Gasteiger partial charge in [0.1, 0.15) is 6.10 Å². The molecule has 0 radical (unpaired) electrons. The third kappa shape index (κ3) is 5.15. The fourth-order valence-electron chi connectivity index (χ4n) is 3.32. The van der Waals surface area contributed by atoms with Crippen molar-refractivity contribution < 1.29 is 9.47 Å². The summed E-state index contributed by atoms with van der Waals surface area (Å²) in [5.74, 6) is 0.986. The molecule has 0 amide bonds. The van der Waals surface area contributed by atoms with Crippen LogP contribution in [0.25, 0.3) is 0 Å². The Morgan fingerprint density at radius 2 is 2.24 bits per heavy atom. The number of guanidine groups is 1. The van der Waals surface area contributed by atoms with Crippen LogP contribution >= 0.6 is 11.3 Å². The quantitative estimate of drug-likeness (QED) is 0.617. The lowest BCUT2D eigenvalue weighted by Crippen LogP contribution is -2.53. The van der Waals surface area contributed by atoms with Gasteiger partial charge in [0, 0.05) is 44.6 Å².